The molecule has 1 aliphatic rings. The molecule has 0 saturated carbocycles. The summed E-state index contributed by atoms with van der Waals surface area (Å²) in [6.45, 7) is 2.12. The van der Waals surface area contributed by atoms with E-state index in [1.54, 1.807) is 0 Å². The normalized spacial score (nSPS) is 16.9. The molecule has 1 fully saturated rings. The van der Waals surface area contributed by atoms with Crippen molar-refractivity contribution in [2.24, 2.45) is 0 Å². The van der Waals surface area contributed by atoms with Gasteiger partial charge in [-0.25, -0.2) is 4.68 Å². The molecule has 1 N–H and O–H groups in total. The monoisotopic (exact) mass is 306 g/mol. The molecular formula is C13H15BrN4. The van der Waals surface area contributed by atoms with E-state index in [2.05, 4.69) is 48.4 Å². The van der Waals surface area contributed by atoms with E-state index in [9.17, 15) is 0 Å². The Morgan fingerprint density at radius 1 is 1.28 bits per heavy atom. The van der Waals surface area contributed by atoms with Crippen molar-refractivity contribution < 1.29 is 0 Å². The van der Waals surface area contributed by atoms with Crippen molar-refractivity contribution >= 4 is 15.9 Å². The molecule has 94 valence electrons. The Labute approximate surface area is 115 Å². The summed E-state index contributed by atoms with van der Waals surface area (Å²) in [5, 5.41) is 11.7. The fourth-order valence-electron chi connectivity index (χ4n) is 2.42. The lowest BCUT2D eigenvalue weighted by Gasteiger charge is -2.24. The van der Waals surface area contributed by atoms with Crippen molar-refractivity contribution in [2.45, 2.75) is 18.9 Å². The van der Waals surface area contributed by atoms with Gasteiger partial charge in [0.25, 0.3) is 0 Å². The van der Waals surface area contributed by atoms with Gasteiger partial charge in [0.15, 0.2) is 0 Å². The van der Waals surface area contributed by atoms with Crippen molar-refractivity contribution in [1.82, 2.24) is 20.3 Å². The summed E-state index contributed by atoms with van der Waals surface area (Å²) in [6, 6.07) is 8.74. The third-order valence-corrected chi connectivity index (χ3v) is 3.84. The molecule has 0 bridgehead atoms. The zero-order valence-electron chi connectivity index (χ0n) is 10.0. The average Bonchev–Trinajstić information content (AvgIpc) is 2.89. The van der Waals surface area contributed by atoms with Gasteiger partial charge >= 0.3 is 0 Å². The number of hydrogen-bond donors (Lipinski definition) is 1. The summed E-state index contributed by atoms with van der Waals surface area (Å²) in [5.74, 6) is 0. The van der Waals surface area contributed by atoms with E-state index in [0.717, 1.165) is 41.7 Å². The first-order valence-electron chi connectivity index (χ1n) is 6.21. The predicted octanol–water partition coefficient (Wildman–Crippen LogP) is 2.63. The Bertz CT molecular complexity index is 531. The van der Waals surface area contributed by atoms with Crippen LogP contribution in [-0.2, 0) is 0 Å². The van der Waals surface area contributed by atoms with Crippen LogP contribution < -0.4 is 5.32 Å². The molecule has 1 aromatic heterocycles. The zero-order valence-corrected chi connectivity index (χ0v) is 11.6. The second-order valence-electron chi connectivity index (χ2n) is 4.56. The standard InChI is InChI=1S/C13H15BrN4/c14-11-3-1-2-10(8-11)13-9-16-17-18(13)12-4-6-15-7-5-12/h1-3,8-9,12,15H,4-7H2. The maximum Gasteiger partial charge on any atom is 0.0889 e. The van der Waals surface area contributed by atoms with Gasteiger partial charge in [-0.2, -0.15) is 0 Å². The number of rotatable bonds is 2. The Morgan fingerprint density at radius 3 is 2.89 bits per heavy atom. The predicted molar refractivity (Wildman–Crippen MR) is 74.3 cm³/mol. The Morgan fingerprint density at radius 2 is 2.11 bits per heavy atom. The van der Waals surface area contributed by atoms with Gasteiger partial charge in [-0.3, -0.25) is 0 Å². The number of nitrogens with one attached hydrogen (secondary N) is 1. The highest BCUT2D eigenvalue weighted by Crippen LogP contribution is 2.27. The molecular weight excluding hydrogens is 292 g/mol. The number of nitrogens with zero attached hydrogens (tertiary/aromatic N) is 3. The lowest BCUT2D eigenvalue weighted by Crippen LogP contribution is -2.30. The van der Waals surface area contributed by atoms with Gasteiger partial charge < -0.3 is 5.32 Å². The quantitative estimate of drug-likeness (QED) is 0.927. The van der Waals surface area contributed by atoms with Crippen LogP contribution in [0.3, 0.4) is 0 Å². The van der Waals surface area contributed by atoms with Crippen molar-refractivity contribution in [3.8, 4) is 11.3 Å². The fraction of sp³-hybridized carbons (Fsp3) is 0.385. The third-order valence-electron chi connectivity index (χ3n) is 3.35. The fourth-order valence-corrected chi connectivity index (χ4v) is 2.82. The van der Waals surface area contributed by atoms with Gasteiger partial charge in [0.2, 0.25) is 0 Å². The van der Waals surface area contributed by atoms with Crippen LogP contribution in [0.5, 0.6) is 0 Å². The molecule has 0 spiro atoms. The van der Waals surface area contributed by atoms with Crippen molar-refractivity contribution in [3.63, 3.8) is 0 Å². The van der Waals surface area contributed by atoms with Crippen LogP contribution in [0.25, 0.3) is 11.3 Å². The van der Waals surface area contributed by atoms with Gasteiger partial charge in [-0.15, -0.1) is 5.10 Å². The maximum absolute atomic E-state index is 4.27. The second-order valence-corrected chi connectivity index (χ2v) is 5.47. The van der Waals surface area contributed by atoms with Crippen LogP contribution in [0.15, 0.2) is 34.9 Å². The first-order chi connectivity index (χ1) is 8.84. The average molecular weight is 307 g/mol. The minimum absolute atomic E-state index is 0.461. The smallest absolute Gasteiger partial charge is 0.0889 e. The van der Waals surface area contributed by atoms with E-state index >= 15 is 0 Å². The molecule has 0 aliphatic carbocycles. The van der Waals surface area contributed by atoms with Crippen molar-refractivity contribution in [1.29, 1.82) is 0 Å². The highest BCUT2D eigenvalue weighted by atomic mass is 79.9. The Hall–Kier alpha value is -1.20. The van der Waals surface area contributed by atoms with Crippen LogP contribution >= 0.6 is 15.9 Å². The summed E-state index contributed by atoms with van der Waals surface area (Å²) in [6.07, 6.45) is 4.08. The summed E-state index contributed by atoms with van der Waals surface area (Å²) in [5.41, 5.74) is 2.26. The molecule has 1 aromatic carbocycles. The molecule has 0 radical (unpaired) electrons. The highest BCUT2D eigenvalue weighted by molar-refractivity contribution is 9.10. The van der Waals surface area contributed by atoms with E-state index in [0.29, 0.717) is 6.04 Å². The van der Waals surface area contributed by atoms with E-state index in [1.165, 1.54) is 0 Å². The SMILES string of the molecule is Brc1cccc(-c2cnnn2C2CCNCC2)c1. The van der Waals surface area contributed by atoms with E-state index in [-0.39, 0.29) is 0 Å². The number of benzene rings is 1. The summed E-state index contributed by atoms with van der Waals surface area (Å²) in [7, 11) is 0. The molecule has 1 aliphatic heterocycles. The lowest BCUT2D eigenvalue weighted by molar-refractivity contribution is 0.340. The third kappa shape index (κ3) is 2.33. The van der Waals surface area contributed by atoms with E-state index in [1.807, 2.05) is 18.3 Å². The Kier molecular flexibility index (Phi) is 3.43. The van der Waals surface area contributed by atoms with Crippen LogP contribution in [0.4, 0.5) is 0 Å². The van der Waals surface area contributed by atoms with Crippen LogP contribution in [-0.4, -0.2) is 28.1 Å². The molecule has 5 heteroatoms. The summed E-state index contributed by atoms with van der Waals surface area (Å²) in [4.78, 5) is 0. The molecule has 2 aromatic rings. The topological polar surface area (TPSA) is 42.7 Å². The van der Waals surface area contributed by atoms with Crippen molar-refractivity contribution in [3.05, 3.63) is 34.9 Å². The minimum Gasteiger partial charge on any atom is -0.317 e. The van der Waals surface area contributed by atoms with E-state index < -0.39 is 0 Å². The van der Waals surface area contributed by atoms with Gasteiger partial charge in [0.05, 0.1) is 17.9 Å². The molecule has 1 saturated heterocycles. The Balaban J connectivity index is 1.95. The van der Waals surface area contributed by atoms with Crippen molar-refractivity contribution in [2.75, 3.05) is 13.1 Å². The number of halogens is 1. The largest absolute Gasteiger partial charge is 0.317 e. The maximum atomic E-state index is 4.27. The zero-order chi connectivity index (χ0) is 12.4. The number of piperidine rings is 1. The summed E-state index contributed by atoms with van der Waals surface area (Å²) < 4.78 is 3.15. The van der Waals surface area contributed by atoms with Crippen LogP contribution in [0.2, 0.25) is 0 Å². The van der Waals surface area contributed by atoms with Gasteiger partial charge in [-0.1, -0.05) is 33.3 Å². The van der Waals surface area contributed by atoms with E-state index in [4.69, 9.17) is 0 Å². The summed E-state index contributed by atoms with van der Waals surface area (Å²) >= 11 is 3.51. The van der Waals surface area contributed by atoms with Gasteiger partial charge in [0.1, 0.15) is 0 Å². The number of aromatic nitrogens is 3. The molecule has 0 amide bonds. The van der Waals surface area contributed by atoms with Crippen LogP contribution in [0.1, 0.15) is 18.9 Å². The van der Waals surface area contributed by atoms with Gasteiger partial charge in [0, 0.05) is 10.0 Å². The molecule has 18 heavy (non-hydrogen) atoms. The first kappa shape index (κ1) is 11.9. The molecule has 0 atom stereocenters. The van der Waals surface area contributed by atoms with Crippen LogP contribution in [0, 0.1) is 0 Å². The lowest BCUT2D eigenvalue weighted by atomic mass is 10.1. The molecule has 3 rings (SSSR count). The van der Waals surface area contributed by atoms with Gasteiger partial charge in [-0.05, 0) is 38.1 Å². The minimum atomic E-state index is 0.461. The molecule has 2 heterocycles. The molecule has 4 nitrogen and oxygen atoms in total. The highest BCUT2D eigenvalue weighted by Gasteiger charge is 2.19. The molecule has 0 unspecified atom stereocenters. The first-order valence-corrected chi connectivity index (χ1v) is 7.01. The number of hydrogen-bond acceptors (Lipinski definition) is 3. The second kappa shape index (κ2) is 5.20.